The smallest absolute Gasteiger partial charge is 0.359 e. The summed E-state index contributed by atoms with van der Waals surface area (Å²) < 4.78 is 4.81. The zero-order valence-corrected chi connectivity index (χ0v) is 19.8. The van der Waals surface area contributed by atoms with Crippen LogP contribution in [0, 0.1) is 6.92 Å². The predicted octanol–water partition coefficient (Wildman–Crippen LogP) is 2.57. The Bertz CT molecular complexity index is 1080. The number of allylic oxidation sites excluding steroid dienone is 2. The number of hydrazone groups is 1. The van der Waals surface area contributed by atoms with E-state index in [9.17, 15) is 19.5 Å². The summed E-state index contributed by atoms with van der Waals surface area (Å²) in [5.74, 6) is -2.65. The standard InChI is InChI=1S/C25H31N3O6/c1-4-6-10-28(11-7-5-2)16-8-9-17(15(3)14-16)18-22(30)20(23(18)31)19-21(26-27-24(19)32)25(33)34-13-12-29/h8-9,14,29-30H,4-7,10-13H2,1-3H3,(H,27,32)/b20-19+. The number of rotatable bonds is 11. The number of aliphatic hydroxyl groups is 2. The van der Waals surface area contributed by atoms with Crippen LogP contribution >= 0.6 is 0 Å². The van der Waals surface area contributed by atoms with E-state index in [-0.39, 0.29) is 29.1 Å². The molecule has 0 saturated carbocycles. The van der Waals surface area contributed by atoms with E-state index in [0.29, 0.717) is 5.56 Å². The number of ether oxygens (including phenoxy) is 1. The Morgan fingerprint density at radius 1 is 1.09 bits per heavy atom. The van der Waals surface area contributed by atoms with Gasteiger partial charge in [0.15, 0.2) is 5.71 Å². The zero-order chi connectivity index (χ0) is 24.8. The molecular formula is C25H31N3O6. The average molecular weight is 470 g/mol. The maximum Gasteiger partial charge on any atom is 0.359 e. The second kappa shape index (κ2) is 11.1. The second-order valence-electron chi connectivity index (χ2n) is 8.26. The quantitative estimate of drug-likeness (QED) is 0.336. The highest BCUT2D eigenvalue weighted by Crippen LogP contribution is 2.40. The third-order valence-electron chi connectivity index (χ3n) is 5.84. The molecule has 0 aromatic heterocycles. The topological polar surface area (TPSA) is 129 Å². The summed E-state index contributed by atoms with van der Waals surface area (Å²) in [6.45, 7) is 7.39. The third kappa shape index (κ3) is 4.89. The maximum absolute atomic E-state index is 13.0. The van der Waals surface area contributed by atoms with Crippen LogP contribution in [-0.4, -0.2) is 59.9 Å². The van der Waals surface area contributed by atoms with Crippen LogP contribution in [0.25, 0.3) is 5.57 Å². The molecule has 2 aliphatic rings. The summed E-state index contributed by atoms with van der Waals surface area (Å²) in [4.78, 5) is 39.8. The number of nitrogens with zero attached hydrogens (tertiary/aromatic N) is 2. The highest BCUT2D eigenvalue weighted by molar-refractivity contribution is 6.55. The molecule has 0 unspecified atom stereocenters. The number of hydrogen-bond donors (Lipinski definition) is 3. The molecule has 3 N–H and O–H groups in total. The molecule has 0 radical (unpaired) electrons. The van der Waals surface area contributed by atoms with Gasteiger partial charge in [0.2, 0.25) is 5.78 Å². The molecule has 0 spiro atoms. The van der Waals surface area contributed by atoms with E-state index in [1.54, 1.807) is 6.07 Å². The molecule has 3 rings (SSSR count). The van der Waals surface area contributed by atoms with Crippen LogP contribution in [0.4, 0.5) is 5.69 Å². The minimum Gasteiger partial charge on any atom is -0.506 e. The number of nitrogens with one attached hydrogen (secondary N) is 1. The number of esters is 1. The summed E-state index contributed by atoms with van der Waals surface area (Å²) in [6.07, 6.45) is 4.36. The number of ketones is 1. The van der Waals surface area contributed by atoms with Crippen molar-refractivity contribution < 1.29 is 29.3 Å². The van der Waals surface area contributed by atoms with Crippen LogP contribution in [0.5, 0.6) is 0 Å². The Morgan fingerprint density at radius 3 is 2.32 bits per heavy atom. The van der Waals surface area contributed by atoms with Gasteiger partial charge in [0.1, 0.15) is 12.4 Å². The van der Waals surface area contributed by atoms with Crippen LogP contribution in [0.1, 0.15) is 50.7 Å². The summed E-state index contributed by atoms with van der Waals surface area (Å²) in [7, 11) is 0. The van der Waals surface area contributed by atoms with E-state index >= 15 is 0 Å². The van der Waals surface area contributed by atoms with Crippen LogP contribution in [0.2, 0.25) is 0 Å². The van der Waals surface area contributed by atoms with Crippen molar-refractivity contribution in [1.29, 1.82) is 0 Å². The highest BCUT2D eigenvalue weighted by Gasteiger charge is 2.44. The lowest BCUT2D eigenvalue weighted by Crippen LogP contribution is -2.31. The van der Waals surface area contributed by atoms with Gasteiger partial charge in [0.25, 0.3) is 5.91 Å². The Labute approximate surface area is 198 Å². The molecule has 9 heteroatoms. The number of amides is 1. The van der Waals surface area contributed by atoms with Gasteiger partial charge < -0.3 is 19.8 Å². The van der Waals surface area contributed by atoms with Crippen molar-refractivity contribution >= 4 is 34.6 Å². The molecule has 0 saturated heterocycles. The lowest BCUT2D eigenvalue weighted by molar-refractivity contribution is -0.136. The molecule has 9 nitrogen and oxygen atoms in total. The van der Waals surface area contributed by atoms with Crippen molar-refractivity contribution in [3.05, 3.63) is 46.2 Å². The van der Waals surface area contributed by atoms with Crippen molar-refractivity contribution in [2.45, 2.75) is 46.5 Å². The number of benzene rings is 1. The van der Waals surface area contributed by atoms with Gasteiger partial charge in [0, 0.05) is 18.8 Å². The fraction of sp³-hybridized carbons (Fsp3) is 0.440. The molecule has 182 valence electrons. The average Bonchev–Trinajstić information content (AvgIpc) is 3.19. The lowest BCUT2D eigenvalue weighted by Gasteiger charge is -2.27. The van der Waals surface area contributed by atoms with Gasteiger partial charge in [0.05, 0.1) is 23.3 Å². The minimum absolute atomic E-state index is 0.1000. The largest absolute Gasteiger partial charge is 0.506 e. The van der Waals surface area contributed by atoms with E-state index in [1.165, 1.54) is 0 Å². The molecule has 0 fully saturated rings. The summed E-state index contributed by atoms with van der Waals surface area (Å²) in [5, 5.41) is 23.2. The third-order valence-corrected chi connectivity index (χ3v) is 5.84. The number of anilines is 1. The first-order valence-electron chi connectivity index (χ1n) is 11.6. The van der Waals surface area contributed by atoms with Crippen molar-refractivity contribution in [1.82, 2.24) is 5.43 Å². The Kier molecular flexibility index (Phi) is 8.22. The molecule has 1 amide bonds. The van der Waals surface area contributed by atoms with Gasteiger partial charge in [-0.05, 0) is 43.0 Å². The monoisotopic (exact) mass is 469 g/mol. The van der Waals surface area contributed by atoms with Gasteiger partial charge in [-0.25, -0.2) is 10.2 Å². The summed E-state index contributed by atoms with van der Waals surface area (Å²) in [5.41, 5.74) is 3.69. The van der Waals surface area contributed by atoms with E-state index < -0.39 is 30.0 Å². The minimum atomic E-state index is -0.969. The molecule has 1 aliphatic carbocycles. The van der Waals surface area contributed by atoms with E-state index in [1.807, 2.05) is 19.1 Å². The van der Waals surface area contributed by atoms with Gasteiger partial charge >= 0.3 is 5.97 Å². The van der Waals surface area contributed by atoms with E-state index in [2.05, 4.69) is 29.3 Å². The van der Waals surface area contributed by atoms with Crippen LogP contribution in [-0.2, 0) is 19.1 Å². The number of carbonyl (C=O) groups is 3. The number of carbonyl (C=O) groups excluding carboxylic acids is 3. The fourth-order valence-electron chi connectivity index (χ4n) is 3.99. The van der Waals surface area contributed by atoms with Crippen molar-refractivity contribution in [3.8, 4) is 0 Å². The first kappa shape index (κ1) is 25.2. The lowest BCUT2D eigenvalue weighted by atomic mass is 9.78. The number of aryl methyl sites for hydroxylation is 1. The molecule has 0 atom stereocenters. The molecule has 34 heavy (non-hydrogen) atoms. The van der Waals surface area contributed by atoms with Crippen LogP contribution in [0.3, 0.4) is 0 Å². The van der Waals surface area contributed by atoms with Crippen molar-refractivity contribution in [3.63, 3.8) is 0 Å². The van der Waals surface area contributed by atoms with Crippen molar-refractivity contribution in [2.75, 3.05) is 31.2 Å². The van der Waals surface area contributed by atoms with E-state index in [4.69, 9.17) is 9.84 Å². The highest BCUT2D eigenvalue weighted by atomic mass is 16.5. The fourth-order valence-corrected chi connectivity index (χ4v) is 3.99. The summed E-state index contributed by atoms with van der Waals surface area (Å²) >= 11 is 0. The van der Waals surface area contributed by atoms with Crippen LogP contribution in [0.15, 0.2) is 40.2 Å². The molecule has 1 aliphatic heterocycles. The molecule has 1 aromatic carbocycles. The zero-order valence-electron chi connectivity index (χ0n) is 19.8. The first-order chi connectivity index (χ1) is 16.3. The number of hydrogen-bond acceptors (Lipinski definition) is 8. The molecule has 0 bridgehead atoms. The first-order valence-corrected chi connectivity index (χ1v) is 11.6. The van der Waals surface area contributed by atoms with Gasteiger partial charge in [-0.15, -0.1) is 0 Å². The van der Waals surface area contributed by atoms with Crippen LogP contribution < -0.4 is 10.3 Å². The Hall–Kier alpha value is -3.46. The van der Waals surface area contributed by atoms with Gasteiger partial charge in [-0.3, -0.25) is 9.59 Å². The van der Waals surface area contributed by atoms with Crippen molar-refractivity contribution in [2.24, 2.45) is 5.10 Å². The molecule has 1 aromatic rings. The predicted molar refractivity (Wildman–Crippen MR) is 128 cm³/mol. The van der Waals surface area contributed by atoms with Gasteiger partial charge in [-0.1, -0.05) is 32.8 Å². The van der Waals surface area contributed by atoms with E-state index in [0.717, 1.165) is 50.0 Å². The van der Waals surface area contributed by atoms with Gasteiger partial charge in [-0.2, -0.15) is 5.10 Å². The molecule has 1 heterocycles. The second-order valence-corrected chi connectivity index (χ2v) is 8.26. The summed E-state index contributed by atoms with van der Waals surface area (Å²) in [6, 6.07) is 5.74. The number of aliphatic hydroxyl groups excluding tert-OH is 2. The number of unbranched alkanes of at least 4 members (excludes halogenated alkanes) is 2. The Balaban J connectivity index is 1.93. The number of Topliss-reactive ketones (excluding diaryl/α,β-unsaturated/α-hetero) is 1. The SMILES string of the molecule is CCCCN(CCCC)c1ccc(C2=C(O)/C(=C3\C(=O)NN=C3C(=O)OCCO)C2=O)c(C)c1. The normalized spacial score (nSPS) is 17.5. The maximum atomic E-state index is 13.0. The Morgan fingerprint density at radius 2 is 1.76 bits per heavy atom. The molecular weight excluding hydrogens is 438 g/mol.